The molecule has 0 saturated carbocycles. The van der Waals surface area contributed by atoms with Crippen LogP contribution in [0.1, 0.15) is 50.3 Å². The largest absolute Gasteiger partial charge is 0.354 e. The number of hydrogen-bond acceptors (Lipinski definition) is 3. The molecule has 1 atom stereocenters. The second kappa shape index (κ2) is 6.88. The van der Waals surface area contributed by atoms with E-state index in [1.807, 2.05) is 13.1 Å². The first-order valence-electron chi connectivity index (χ1n) is 7.70. The van der Waals surface area contributed by atoms with E-state index in [1.165, 1.54) is 5.56 Å². The molecule has 1 fully saturated rings. The normalized spacial score (nSPS) is 22.1. The van der Waals surface area contributed by atoms with Crippen molar-refractivity contribution >= 4 is 5.91 Å². The highest BCUT2D eigenvalue weighted by Gasteiger charge is 2.39. The molecule has 0 spiro atoms. The van der Waals surface area contributed by atoms with Crippen LogP contribution in [-0.4, -0.2) is 34.7 Å². The van der Waals surface area contributed by atoms with Crippen LogP contribution in [0.15, 0.2) is 6.20 Å². The summed E-state index contributed by atoms with van der Waals surface area (Å²) in [6.07, 6.45) is 7.81. The van der Waals surface area contributed by atoms with Gasteiger partial charge in [-0.3, -0.25) is 9.89 Å². The van der Waals surface area contributed by atoms with Gasteiger partial charge in [-0.2, -0.15) is 5.10 Å². The lowest BCUT2D eigenvalue weighted by atomic mass is 9.91. The molecular weight excluding hydrogens is 252 g/mol. The van der Waals surface area contributed by atoms with E-state index in [9.17, 15) is 4.79 Å². The van der Waals surface area contributed by atoms with Crippen LogP contribution in [0.3, 0.4) is 0 Å². The van der Waals surface area contributed by atoms with Crippen LogP contribution < -0.4 is 10.6 Å². The number of carbonyl (C=O) groups excluding carboxylic acids is 1. The van der Waals surface area contributed by atoms with E-state index in [1.54, 1.807) is 0 Å². The number of nitrogens with zero attached hydrogens (tertiary/aromatic N) is 1. The number of aryl methyl sites for hydroxylation is 2. The molecule has 1 saturated heterocycles. The second-order valence-corrected chi connectivity index (χ2v) is 5.74. The molecule has 5 nitrogen and oxygen atoms in total. The van der Waals surface area contributed by atoms with Crippen LogP contribution in [-0.2, 0) is 11.2 Å². The van der Waals surface area contributed by atoms with Gasteiger partial charge in [-0.05, 0) is 51.1 Å². The molecule has 20 heavy (non-hydrogen) atoms. The Kier molecular flexibility index (Phi) is 5.17. The van der Waals surface area contributed by atoms with Crippen LogP contribution in [0.4, 0.5) is 0 Å². The molecule has 0 bridgehead atoms. The zero-order chi connectivity index (χ0) is 14.4. The molecule has 2 heterocycles. The minimum Gasteiger partial charge on any atom is -0.354 e. The highest BCUT2D eigenvalue weighted by atomic mass is 16.2. The molecular formula is C15H26N4O. The van der Waals surface area contributed by atoms with Crippen molar-refractivity contribution in [2.24, 2.45) is 0 Å². The fourth-order valence-corrected chi connectivity index (χ4v) is 3.03. The summed E-state index contributed by atoms with van der Waals surface area (Å²) < 4.78 is 0. The van der Waals surface area contributed by atoms with Crippen molar-refractivity contribution < 1.29 is 4.79 Å². The third kappa shape index (κ3) is 3.39. The van der Waals surface area contributed by atoms with Gasteiger partial charge in [0.15, 0.2) is 0 Å². The summed E-state index contributed by atoms with van der Waals surface area (Å²) in [6, 6.07) is 0. The van der Waals surface area contributed by atoms with Crippen molar-refractivity contribution in [3.05, 3.63) is 17.5 Å². The third-order valence-electron chi connectivity index (χ3n) is 4.20. The summed E-state index contributed by atoms with van der Waals surface area (Å²) in [7, 11) is 0. The summed E-state index contributed by atoms with van der Waals surface area (Å²) in [6.45, 7) is 5.86. The van der Waals surface area contributed by atoms with E-state index in [0.29, 0.717) is 0 Å². The van der Waals surface area contributed by atoms with Crippen molar-refractivity contribution in [3.63, 3.8) is 0 Å². The van der Waals surface area contributed by atoms with Crippen molar-refractivity contribution in [2.45, 2.75) is 57.9 Å². The Balaban J connectivity index is 1.75. The topological polar surface area (TPSA) is 69.8 Å². The SMILES string of the molecule is CCCC1(C(=O)NCCCc2cn[nH]c2C)CCCN1. The van der Waals surface area contributed by atoms with Crippen LogP contribution >= 0.6 is 0 Å². The molecule has 112 valence electrons. The van der Waals surface area contributed by atoms with E-state index in [4.69, 9.17) is 0 Å². The standard InChI is InChI=1S/C15H26N4O/c1-3-7-15(8-5-10-17-15)14(20)16-9-4-6-13-11-18-19-12(13)2/h11,17H,3-10H2,1-2H3,(H,16,20)(H,18,19). The van der Waals surface area contributed by atoms with Crippen LogP contribution in [0, 0.1) is 6.92 Å². The van der Waals surface area contributed by atoms with Gasteiger partial charge in [-0.15, -0.1) is 0 Å². The number of amides is 1. The Morgan fingerprint density at radius 2 is 2.40 bits per heavy atom. The van der Waals surface area contributed by atoms with Crippen LogP contribution in [0.5, 0.6) is 0 Å². The Morgan fingerprint density at radius 1 is 1.55 bits per heavy atom. The van der Waals surface area contributed by atoms with Gasteiger partial charge in [0.2, 0.25) is 5.91 Å². The van der Waals surface area contributed by atoms with Gasteiger partial charge in [0.05, 0.1) is 11.7 Å². The number of rotatable bonds is 7. The van der Waals surface area contributed by atoms with E-state index in [0.717, 1.165) is 57.3 Å². The van der Waals surface area contributed by atoms with Crippen molar-refractivity contribution in [3.8, 4) is 0 Å². The molecule has 0 aliphatic carbocycles. The lowest BCUT2D eigenvalue weighted by molar-refractivity contribution is -0.127. The van der Waals surface area contributed by atoms with Gasteiger partial charge in [0, 0.05) is 12.2 Å². The first-order chi connectivity index (χ1) is 9.68. The van der Waals surface area contributed by atoms with Gasteiger partial charge in [-0.1, -0.05) is 13.3 Å². The van der Waals surface area contributed by atoms with E-state index in [2.05, 4.69) is 27.8 Å². The minimum atomic E-state index is -0.305. The molecule has 1 aliphatic heterocycles. The molecule has 1 aromatic rings. The lowest BCUT2D eigenvalue weighted by Gasteiger charge is -2.27. The monoisotopic (exact) mass is 278 g/mol. The number of hydrogen-bond donors (Lipinski definition) is 3. The molecule has 1 amide bonds. The number of H-pyrrole nitrogens is 1. The maximum Gasteiger partial charge on any atom is 0.240 e. The smallest absolute Gasteiger partial charge is 0.240 e. The summed E-state index contributed by atoms with van der Waals surface area (Å²) >= 11 is 0. The lowest BCUT2D eigenvalue weighted by Crippen LogP contribution is -2.53. The number of aromatic nitrogens is 2. The average molecular weight is 278 g/mol. The van der Waals surface area contributed by atoms with Crippen molar-refractivity contribution in [2.75, 3.05) is 13.1 Å². The summed E-state index contributed by atoms with van der Waals surface area (Å²) in [5.41, 5.74) is 2.05. The minimum absolute atomic E-state index is 0.181. The molecule has 3 N–H and O–H groups in total. The molecule has 1 aromatic heterocycles. The zero-order valence-corrected chi connectivity index (χ0v) is 12.6. The van der Waals surface area contributed by atoms with Gasteiger partial charge >= 0.3 is 0 Å². The van der Waals surface area contributed by atoms with Gasteiger partial charge in [0.1, 0.15) is 0 Å². The Bertz CT molecular complexity index is 435. The molecule has 1 unspecified atom stereocenters. The maximum absolute atomic E-state index is 12.4. The summed E-state index contributed by atoms with van der Waals surface area (Å²) in [5, 5.41) is 13.5. The van der Waals surface area contributed by atoms with Crippen LogP contribution in [0.25, 0.3) is 0 Å². The van der Waals surface area contributed by atoms with Crippen molar-refractivity contribution in [1.29, 1.82) is 0 Å². The Labute approximate surface area is 120 Å². The zero-order valence-electron chi connectivity index (χ0n) is 12.6. The second-order valence-electron chi connectivity index (χ2n) is 5.74. The number of carbonyl (C=O) groups is 1. The van der Waals surface area contributed by atoms with Gasteiger partial charge in [-0.25, -0.2) is 0 Å². The summed E-state index contributed by atoms with van der Waals surface area (Å²) in [5.74, 6) is 0.181. The molecule has 1 aliphatic rings. The highest BCUT2D eigenvalue weighted by molar-refractivity contribution is 5.86. The maximum atomic E-state index is 12.4. The van der Waals surface area contributed by atoms with Crippen LogP contribution in [0.2, 0.25) is 0 Å². The highest BCUT2D eigenvalue weighted by Crippen LogP contribution is 2.24. The Morgan fingerprint density at radius 3 is 3.00 bits per heavy atom. The number of aromatic amines is 1. The van der Waals surface area contributed by atoms with E-state index in [-0.39, 0.29) is 11.4 Å². The van der Waals surface area contributed by atoms with E-state index >= 15 is 0 Å². The van der Waals surface area contributed by atoms with Gasteiger partial charge < -0.3 is 10.6 Å². The average Bonchev–Trinajstić information content (AvgIpc) is 3.05. The van der Waals surface area contributed by atoms with Gasteiger partial charge in [0.25, 0.3) is 0 Å². The first kappa shape index (κ1) is 15.0. The number of nitrogens with one attached hydrogen (secondary N) is 3. The van der Waals surface area contributed by atoms with Crippen molar-refractivity contribution in [1.82, 2.24) is 20.8 Å². The predicted octanol–water partition coefficient (Wildman–Crippen LogP) is 1.69. The molecule has 0 radical (unpaired) electrons. The molecule has 5 heteroatoms. The fourth-order valence-electron chi connectivity index (χ4n) is 3.03. The third-order valence-corrected chi connectivity index (χ3v) is 4.20. The quantitative estimate of drug-likeness (QED) is 0.665. The predicted molar refractivity (Wildman–Crippen MR) is 79.5 cm³/mol. The fraction of sp³-hybridized carbons (Fsp3) is 0.733. The first-order valence-corrected chi connectivity index (χ1v) is 7.70. The molecule has 0 aromatic carbocycles. The summed E-state index contributed by atoms with van der Waals surface area (Å²) in [4.78, 5) is 12.4. The Hall–Kier alpha value is -1.36. The van der Waals surface area contributed by atoms with E-state index < -0.39 is 0 Å². The molecule has 2 rings (SSSR count).